The molecule has 4 heteroatoms. The molecule has 57 heavy (non-hydrogen) atoms. The van der Waals surface area contributed by atoms with Crippen molar-refractivity contribution in [1.29, 1.82) is 0 Å². The summed E-state index contributed by atoms with van der Waals surface area (Å²) in [6.07, 6.45) is 6.59. The molecule has 12 rings (SSSR count). The number of furan rings is 1. The van der Waals surface area contributed by atoms with Gasteiger partial charge in [0.15, 0.2) is 17.5 Å². The van der Waals surface area contributed by atoms with Gasteiger partial charge in [0.2, 0.25) is 0 Å². The molecule has 266 valence electrons. The first-order valence-corrected chi connectivity index (χ1v) is 19.6. The Kier molecular flexibility index (Phi) is 7.02. The van der Waals surface area contributed by atoms with Crippen molar-refractivity contribution in [3.63, 3.8) is 0 Å². The molecule has 0 spiro atoms. The molecule has 4 nitrogen and oxygen atoms in total. The van der Waals surface area contributed by atoms with E-state index < -0.39 is 0 Å². The Hall–Kier alpha value is -7.43. The van der Waals surface area contributed by atoms with Crippen LogP contribution in [0, 0.1) is 0 Å². The lowest BCUT2D eigenvalue weighted by molar-refractivity contribution is 0.669. The highest BCUT2D eigenvalue weighted by molar-refractivity contribution is 6.14. The number of fused-ring (bicyclic) bond motifs is 10. The lowest BCUT2D eigenvalue weighted by Crippen LogP contribution is -2.03. The molecule has 0 saturated carbocycles. The smallest absolute Gasteiger partial charge is 0.164 e. The zero-order valence-corrected chi connectivity index (χ0v) is 30.9. The van der Waals surface area contributed by atoms with Gasteiger partial charge in [0.25, 0.3) is 0 Å². The second-order valence-corrected chi connectivity index (χ2v) is 15.0. The number of benzene rings is 9. The molecule has 9 aromatic carbocycles. The van der Waals surface area contributed by atoms with E-state index in [1.807, 2.05) is 18.2 Å². The van der Waals surface area contributed by atoms with Crippen molar-refractivity contribution in [3.05, 3.63) is 181 Å². The van der Waals surface area contributed by atoms with E-state index in [9.17, 15) is 0 Å². The average Bonchev–Trinajstić information content (AvgIpc) is 3.67. The summed E-state index contributed by atoms with van der Waals surface area (Å²) in [5.74, 6) is 1.97. The minimum Gasteiger partial charge on any atom is -0.456 e. The fourth-order valence-corrected chi connectivity index (χ4v) is 9.06. The van der Waals surface area contributed by atoms with E-state index in [1.54, 1.807) is 0 Å². The fraction of sp³-hybridized carbons (Fsp3) is 0.0377. The van der Waals surface area contributed by atoms with Gasteiger partial charge in [-0.15, -0.1) is 0 Å². The highest BCUT2D eigenvalue weighted by Gasteiger charge is 2.20. The molecule has 0 amide bonds. The zero-order chi connectivity index (χ0) is 37.5. The predicted octanol–water partition coefficient (Wildman–Crippen LogP) is 14.0. The third-order valence-corrected chi connectivity index (χ3v) is 11.7. The second-order valence-electron chi connectivity index (χ2n) is 15.0. The molecule has 0 fully saturated rings. The summed E-state index contributed by atoms with van der Waals surface area (Å²) < 4.78 is 6.22. The molecule has 11 aromatic rings. The van der Waals surface area contributed by atoms with Gasteiger partial charge in [0.1, 0.15) is 11.2 Å². The minimum absolute atomic E-state index is 0.644. The lowest BCUT2D eigenvalue weighted by atomic mass is 9.89. The zero-order valence-electron chi connectivity index (χ0n) is 30.9. The molecule has 0 bridgehead atoms. The molecule has 2 aromatic heterocycles. The van der Waals surface area contributed by atoms with E-state index in [-0.39, 0.29) is 0 Å². The Bertz CT molecular complexity index is 3480. The Morgan fingerprint density at radius 3 is 1.84 bits per heavy atom. The van der Waals surface area contributed by atoms with Crippen LogP contribution < -0.4 is 0 Å². The Morgan fingerprint density at radius 2 is 1.02 bits per heavy atom. The molecular weight excluding hydrogens is 695 g/mol. The van der Waals surface area contributed by atoms with Crippen molar-refractivity contribution in [2.24, 2.45) is 0 Å². The van der Waals surface area contributed by atoms with E-state index in [0.717, 1.165) is 89.5 Å². The van der Waals surface area contributed by atoms with Crippen molar-refractivity contribution in [2.75, 3.05) is 0 Å². The highest BCUT2D eigenvalue weighted by atomic mass is 16.3. The first-order chi connectivity index (χ1) is 28.2. The molecule has 0 saturated heterocycles. The number of hydrogen-bond acceptors (Lipinski definition) is 4. The summed E-state index contributed by atoms with van der Waals surface area (Å²) in [6, 6.07) is 58.2. The molecule has 1 aliphatic rings. The molecule has 0 atom stereocenters. The van der Waals surface area contributed by atoms with Crippen LogP contribution in [0.15, 0.2) is 174 Å². The van der Waals surface area contributed by atoms with Crippen molar-refractivity contribution in [1.82, 2.24) is 15.0 Å². The molecular formula is C53H33N3O. The average molecular weight is 728 g/mol. The van der Waals surface area contributed by atoms with Crippen LogP contribution in [-0.4, -0.2) is 15.0 Å². The standard InChI is InChI=1S/C53H33N3O/c1-3-14-38-34(12-1)30-46(43-18-7-5-16-41(38)43)52-54-51(55-53(56-52)47-31-35-13-2-4-15-39(35)42-17-6-8-19-44(42)47)37-27-25-32-28-36(26-24-33(32)29-37)40-21-11-23-49-50(40)45-20-9-10-22-48(45)57-49/h1-3,5-14,16-31H,4,15H2. The van der Waals surface area contributed by atoms with Crippen LogP contribution in [0.2, 0.25) is 0 Å². The van der Waals surface area contributed by atoms with Crippen molar-refractivity contribution < 1.29 is 4.42 Å². The third kappa shape index (κ3) is 5.11. The van der Waals surface area contributed by atoms with Crippen LogP contribution in [0.3, 0.4) is 0 Å². The Labute approximate surface area is 328 Å². The number of rotatable bonds is 4. The Balaban J connectivity index is 1.07. The second kappa shape index (κ2) is 12.6. The van der Waals surface area contributed by atoms with Gasteiger partial charge in [-0.05, 0) is 115 Å². The largest absolute Gasteiger partial charge is 0.456 e. The third-order valence-electron chi connectivity index (χ3n) is 11.7. The van der Waals surface area contributed by atoms with Crippen LogP contribution >= 0.6 is 0 Å². The SMILES string of the molecule is C1=Cc2cc(-c3nc(-c4ccc5cc(-c6cccc7oc8ccccc8c67)ccc5c4)nc(-c4cc5ccccc5c5ccccc45)n3)c3ccccc3c2CC1. The normalized spacial score (nSPS) is 12.7. The number of hydrogen-bond donors (Lipinski definition) is 0. The van der Waals surface area contributed by atoms with Gasteiger partial charge in [-0.2, -0.15) is 0 Å². The van der Waals surface area contributed by atoms with Crippen LogP contribution in [0.25, 0.3) is 116 Å². The van der Waals surface area contributed by atoms with Crippen molar-refractivity contribution in [2.45, 2.75) is 12.8 Å². The van der Waals surface area contributed by atoms with E-state index in [2.05, 4.69) is 158 Å². The van der Waals surface area contributed by atoms with Gasteiger partial charge >= 0.3 is 0 Å². The van der Waals surface area contributed by atoms with Gasteiger partial charge in [0, 0.05) is 27.5 Å². The molecule has 0 unspecified atom stereocenters. The first kappa shape index (κ1) is 31.9. The summed E-state index contributed by atoms with van der Waals surface area (Å²) in [4.78, 5) is 16.0. The first-order valence-electron chi connectivity index (χ1n) is 19.6. The van der Waals surface area contributed by atoms with Gasteiger partial charge in [-0.1, -0.05) is 140 Å². The quantitative estimate of drug-likeness (QED) is 0.169. The summed E-state index contributed by atoms with van der Waals surface area (Å²) in [6.45, 7) is 0. The van der Waals surface area contributed by atoms with Crippen LogP contribution in [0.1, 0.15) is 17.5 Å². The maximum atomic E-state index is 6.22. The molecule has 1 aliphatic carbocycles. The number of aryl methyl sites for hydroxylation is 1. The summed E-state index contributed by atoms with van der Waals surface area (Å²) >= 11 is 0. The number of aromatic nitrogens is 3. The van der Waals surface area contributed by atoms with Crippen LogP contribution in [-0.2, 0) is 6.42 Å². The predicted molar refractivity (Wildman–Crippen MR) is 236 cm³/mol. The van der Waals surface area contributed by atoms with Crippen molar-refractivity contribution in [3.8, 4) is 45.3 Å². The molecule has 0 N–H and O–H groups in total. The minimum atomic E-state index is 0.644. The molecule has 2 heterocycles. The number of nitrogens with zero attached hydrogens (tertiary/aromatic N) is 3. The highest BCUT2D eigenvalue weighted by Crippen LogP contribution is 2.40. The maximum absolute atomic E-state index is 6.22. The number of para-hydroxylation sites is 1. The number of allylic oxidation sites excluding steroid dienone is 1. The molecule has 0 radical (unpaired) electrons. The van der Waals surface area contributed by atoms with Gasteiger partial charge in [-0.25, -0.2) is 15.0 Å². The van der Waals surface area contributed by atoms with E-state index in [4.69, 9.17) is 19.4 Å². The van der Waals surface area contributed by atoms with Crippen molar-refractivity contribution >= 4 is 71.1 Å². The van der Waals surface area contributed by atoms with Crippen LogP contribution in [0.4, 0.5) is 0 Å². The maximum Gasteiger partial charge on any atom is 0.164 e. The fourth-order valence-electron chi connectivity index (χ4n) is 9.06. The summed E-state index contributed by atoms with van der Waals surface area (Å²) in [5.41, 5.74) is 9.66. The summed E-state index contributed by atoms with van der Waals surface area (Å²) in [7, 11) is 0. The van der Waals surface area contributed by atoms with Crippen LogP contribution in [0.5, 0.6) is 0 Å². The lowest BCUT2D eigenvalue weighted by Gasteiger charge is -2.18. The molecule has 0 aliphatic heterocycles. The van der Waals surface area contributed by atoms with Gasteiger partial charge < -0.3 is 4.42 Å². The monoisotopic (exact) mass is 727 g/mol. The van der Waals surface area contributed by atoms with E-state index in [1.165, 1.54) is 27.3 Å². The van der Waals surface area contributed by atoms with E-state index >= 15 is 0 Å². The topological polar surface area (TPSA) is 51.8 Å². The van der Waals surface area contributed by atoms with E-state index in [0.29, 0.717) is 17.5 Å². The Morgan fingerprint density at radius 1 is 0.404 bits per heavy atom. The van der Waals surface area contributed by atoms with Gasteiger partial charge in [0.05, 0.1) is 0 Å². The van der Waals surface area contributed by atoms with Gasteiger partial charge in [-0.3, -0.25) is 0 Å². The summed E-state index contributed by atoms with van der Waals surface area (Å²) in [5, 5.41) is 11.6.